The number of hydrogen-bond donors (Lipinski definition) is 3. The fourth-order valence-corrected chi connectivity index (χ4v) is 4.51. The lowest BCUT2D eigenvalue weighted by atomic mass is 9.99. The van der Waals surface area contributed by atoms with Gasteiger partial charge in [-0.1, -0.05) is 48.5 Å². The Hall–Kier alpha value is -4.38. The average Bonchev–Trinajstić information content (AvgIpc) is 3.42. The van der Waals surface area contributed by atoms with Crippen molar-refractivity contribution in [2.24, 2.45) is 5.73 Å². The zero-order valence-corrected chi connectivity index (χ0v) is 21.4. The Morgan fingerprint density at radius 2 is 1.73 bits per heavy atom. The van der Waals surface area contributed by atoms with Crippen molar-refractivity contribution in [3.8, 4) is 0 Å². The Kier molecular flexibility index (Phi) is 8.43. The summed E-state index contributed by atoms with van der Waals surface area (Å²) in [6.07, 6.45) is -2.54. The van der Waals surface area contributed by atoms with Gasteiger partial charge >= 0.3 is 18.2 Å². The highest BCUT2D eigenvalue weighted by Crippen LogP contribution is 2.52. The van der Waals surface area contributed by atoms with Crippen LogP contribution in [0.1, 0.15) is 40.2 Å². The van der Waals surface area contributed by atoms with Gasteiger partial charge in [0.1, 0.15) is 6.61 Å². The number of hydrogen-bond acceptors (Lipinski definition) is 5. The molecule has 210 valence electrons. The minimum absolute atomic E-state index is 0.155. The van der Waals surface area contributed by atoms with Crippen LogP contribution in [-0.2, 0) is 16.0 Å². The molecular weight excluding hydrogens is 527 g/mol. The fraction of sp³-hybridized carbons (Fsp3) is 0.276. The van der Waals surface area contributed by atoms with Crippen LogP contribution >= 0.6 is 0 Å². The van der Waals surface area contributed by atoms with E-state index in [4.69, 9.17) is 20.4 Å². The van der Waals surface area contributed by atoms with Crippen LogP contribution in [-0.4, -0.2) is 47.9 Å². The highest BCUT2D eigenvalue weighted by atomic mass is 19.4. The molecule has 2 amide bonds. The highest BCUT2D eigenvalue weighted by molar-refractivity contribution is 6.05. The van der Waals surface area contributed by atoms with E-state index in [0.29, 0.717) is 30.3 Å². The lowest BCUT2D eigenvalue weighted by Crippen LogP contribution is -2.25. The zero-order chi connectivity index (χ0) is 28.9. The van der Waals surface area contributed by atoms with Crippen molar-refractivity contribution in [1.82, 2.24) is 0 Å². The number of anilines is 2. The number of ether oxygens (including phenoxy) is 1. The normalized spacial score (nSPS) is 19.8. The Morgan fingerprint density at radius 3 is 2.33 bits per heavy atom. The van der Waals surface area contributed by atoms with Crippen LogP contribution in [0, 0.1) is 0 Å². The van der Waals surface area contributed by atoms with E-state index in [1.54, 1.807) is 24.3 Å². The van der Waals surface area contributed by atoms with E-state index in [1.165, 1.54) is 16.0 Å². The van der Waals surface area contributed by atoms with Crippen molar-refractivity contribution >= 4 is 29.3 Å². The molecule has 4 N–H and O–H groups in total. The number of amides is 2. The van der Waals surface area contributed by atoms with Crippen molar-refractivity contribution in [2.75, 3.05) is 23.4 Å². The van der Waals surface area contributed by atoms with Gasteiger partial charge in [0.2, 0.25) is 0 Å². The van der Waals surface area contributed by atoms with Gasteiger partial charge in [0.15, 0.2) is 0 Å². The molecular formula is C29H28F3N3O5. The van der Waals surface area contributed by atoms with Crippen LogP contribution in [0.4, 0.5) is 29.3 Å². The summed E-state index contributed by atoms with van der Waals surface area (Å²) in [5, 5.41) is 10.1. The zero-order valence-electron chi connectivity index (χ0n) is 21.4. The van der Waals surface area contributed by atoms with Gasteiger partial charge < -0.3 is 20.9 Å². The molecule has 1 saturated carbocycles. The largest absolute Gasteiger partial charge is 0.490 e. The SMILES string of the molecule is N[C@@]1(CCc2ccccc2)C[C@H]1c1ccc(NC(=O)c2cccc(N3CCOC3=O)c2)cc1.O=C(O)C(F)(F)F. The molecule has 0 bridgehead atoms. The molecule has 1 saturated heterocycles. The Balaban J connectivity index is 0.000000470. The maximum atomic E-state index is 12.8. The minimum Gasteiger partial charge on any atom is -0.475 e. The molecule has 3 aromatic rings. The molecule has 3 aromatic carbocycles. The van der Waals surface area contributed by atoms with E-state index in [1.807, 2.05) is 30.3 Å². The van der Waals surface area contributed by atoms with Gasteiger partial charge in [0, 0.05) is 28.4 Å². The van der Waals surface area contributed by atoms with Gasteiger partial charge in [0.25, 0.3) is 5.91 Å². The molecule has 0 aromatic heterocycles. The van der Waals surface area contributed by atoms with Crippen LogP contribution < -0.4 is 16.0 Å². The highest BCUT2D eigenvalue weighted by Gasteiger charge is 2.50. The van der Waals surface area contributed by atoms with Gasteiger partial charge in [-0.05, 0) is 60.7 Å². The molecule has 1 heterocycles. The summed E-state index contributed by atoms with van der Waals surface area (Å²) in [6, 6.07) is 25.4. The molecule has 0 radical (unpaired) electrons. The lowest BCUT2D eigenvalue weighted by molar-refractivity contribution is -0.192. The molecule has 0 spiro atoms. The molecule has 1 aliphatic heterocycles. The van der Waals surface area contributed by atoms with Crippen molar-refractivity contribution in [3.63, 3.8) is 0 Å². The first-order chi connectivity index (χ1) is 19.0. The van der Waals surface area contributed by atoms with Crippen LogP contribution in [0.15, 0.2) is 78.9 Å². The molecule has 11 heteroatoms. The molecule has 2 fully saturated rings. The molecule has 8 nitrogen and oxygen atoms in total. The lowest BCUT2D eigenvalue weighted by Gasteiger charge is -2.14. The van der Waals surface area contributed by atoms with Crippen LogP contribution in [0.25, 0.3) is 0 Å². The number of halogens is 3. The smallest absolute Gasteiger partial charge is 0.475 e. The van der Waals surface area contributed by atoms with Gasteiger partial charge in [-0.15, -0.1) is 0 Å². The first kappa shape index (κ1) is 28.6. The summed E-state index contributed by atoms with van der Waals surface area (Å²) in [7, 11) is 0. The molecule has 1 aliphatic carbocycles. The summed E-state index contributed by atoms with van der Waals surface area (Å²) in [6.45, 7) is 0.847. The van der Waals surface area contributed by atoms with E-state index in [9.17, 15) is 22.8 Å². The maximum absolute atomic E-state index is 12.8. The molecule has 2 aliphatic rings. The first-order valence-corrected chi connectivity index (χ1v) is 12.5. The third-order valence-electron chi connectivity index (χ3n) is 6.83. The number of cyclic esters (lactones) is 1. The number of nitrogens with two attached hydrogens (primary N) is 1. The molecule has 40 heavy (non-hydrogen) atoms. The summed E-state index contributed by atoms with van der Waals surface area (Å²) >= 11 is 0. The summed E-state index contributed by atoms with van der Waals surface area (Å²) in [5.41, 5.74) is 10.9. The maximum Gasteiger partial charge on any atom is 0.490 e. The second-order valence-electron chi connectivity index (χ2n) is 9.67. The fourth-order valence-electron chi connectivity index (χ4n) is 4.51. The summed E-state index contributed by atoms with van der Waals surface area (Å²) in [4.78, 5) is 35.0. The number of alkyl halides is 3. The third-order valence-corrected chi connectivity index (χ3v) is 6.83. The average molecular weight is 556 g/mol. The predicted molar refractivity (Wildman–Crippen MR) is 142 cm³/mol. The number of nitrogens with one attached hydrogen (secondary N) is 1. The number of rotatable bonds is 7. The number of nitrogens with zero attached hydrogens (tertiary/aromatic N) is 1. The van der Waals surface area contributed by atoms with E-state index < -0.39 is 12.1 Å². The number of aryl methyl sites for hydroxylation is 1. The molecule has 0 unspecified atom stereocenters. The third kappa shape index (κ3) is 7.17. The van der Waals surface area contributed by atoms with Crippen molar-refractivity contribution < 1.29 is 37.4 Å². The molecule has 5 rings (SSSR count). The molecule has 2 atom stereocenters. The second kappa shape index (κ2) is 11.8. The van der Waals surface area contributed by atoms with E-state index in [0.717, 1.165) is 24.9 Å². The number of carboxylic acids is 1. The number of benzene rings is 3. The second-order valence-corrected chi connectivity index (χ2v) is 9.67. The topological polar surface area (TPSA) is 122 Å². The summed E-state index contributed by atoms with van der Waals surface area (Å²) in [5.74, 6) is -2.63. The van der Waals surface area contributed by atoms with E-state index >= 15 is 0 Å². The monoisotopic (exact) mass is 555 g/mol. The van der Waals surface area contributed by atoms with E-state index in [2.05, 4.69) is 29.6 Å². The van der Waals surface area contributed by atoms with Gasteiger partial charge in [-0.25, -0.2) is 9.59 Å². The van der Waals surface area contributed by atoms with Gasteiger partial charge in [-0.3, -0.25) is 9.69 Å². The standard InChI is InChI=1S/C27H27N3O3.C2HF3O2/c28-27(14-13-19-5-2-1-3-6-19)18-24(27)20-9-11-22(12-10-20)29-25(31)21-7-4-8-23(17-21)30-15-16-33-26(30)32;3-2(4,5)1(6)7/h1-12,17,24H,13-16,18,28H2,(H,29,31);(H,6,7)/t24-,27-;/m0./s1. The van der Waals surface area contributed by atoms with E-state index in [-0.39, 0.29) is 17.5 Å². The number of aliphatic carboxylic acids is 1. The van der Waals surface area contributed by atoms with Crippen LogP contribution in [0.3, 0.4) is 0 Å². The van der Waals surface area contributed by atoms with Crippen molar-refractivity contribution in [2.45, 2.75) is 36.9 Å². The predicted octanol–water partition coefficient (Wildman–Crippen LogP) is 5.35. The Labute approximate surface area is 228 Å². The number of carboxylic acid groups (broad SMARTS) is 1. The van der Waals surface area contributed by atoms with Crippen molar-refractivity contribution in [3.05, 3.63) is 95.6 Å². The minimum atomic E-state index is -5.08. The summed E-state index contributed by atoms with van der Waals surface area (Å²) < 4.78 is 36.7. The number of carbonyl (C=O) groups excluding carboxylic acids is 2. The number of carbonyl (C=O) groups is 3. The Morgan fingerprint density at radius 1 is 1.05 bits per heavy atom. The quantitative estimate of drug-likeness (QED) is 0.362. The van der Waals surface area contributed by atoms with Crippen molar-refractivity contribution in [1.29, 1.82) is 0 Å². The van der Waals surface area contributed by atoms with Gasteiger partial charge in [-0.2, -0.15) is 13.2 Å². The Bertz CT molecular complexity index is 1370. The van der Waals surface area contributed by atoms with Gasteiger partial charge in [0.05, 0.1) is 6.54 Å². The van der Waals surface area contributed by atoms with Crippen LogP contribution in [0.2, 0.25) is 0 Å². The first-order valence-electron chi connectivity index (χ1n) is 12.5. The van der Waals surface area contributed by atoms with Crippen LogP contribution in [0.5, 0.6) is 0 Å².